The Bertz CT molecular complexity index is 540. The molecule has 0 spiro atoms. The fraction of sp³-hybridized carbons (Fsp3) is 0.438. The van der Waals surface area contributed by atoms with Gasteiger partial charge in [-0.15, -0.1) is 6.58 Å². The van der Waals surface area contributed by atoms with Crippen LogP contribution in [-0.2, 0) is 13.1 Å². The average molecular weight is 257 g/mol. The molecular weight excluding hydrogens is 234 g/mol. The molecular formula is C16H23N3. The lowest BCUT2D eigenvalue weighted by molar-refractivity contribution is 0.526. The minimum absolute atomic E-state index is 0.736. The summed E-state index contributed by atoms with van der Waals surface area (Å²) < 4.78 is 2.23. The molecule has 1 heterocycles. The zero-order valence-corrected chi connectivity index (χ0v) is 11.9. The van der Waals surface area contributed by atoms with Crippen LogP contribution >= 0.6 is 0 Å². The number of fused-ring (bicyclic) bond motifs is 1. The van der Waals surface area contributed by atoms with Crippen molar-refractivity contribution in [3.05, 3.63) is 42.7 Å². The maximum Gasteiger partial charge on any atom is 0.124 e. The summed E-state index contributed by atoms with van der Waals surface area (Å²) in [5.74, 6) is 1.82. The van der Waals surface area contributed by atoms with Gasteiger partial charge in [-0.05, 0) is 31.0 Å². The highest BCUT2D eigenvalue weighted by molar-refractivity contribution is 5.75. The predicted molar refractivity (Wildman–Crippen MR) is 81.1 cm³/mol. The van der Waals surface area contributed by atoms with E-state index in [1.165, 1.54) is 11.9 Å². The van der Waals surface area contributed by atoms with Gasteiger partial charge in [0.1, 0.15) is 5.82 Å². The highest BCUT2D eigenvalue weighted by Gasteiger charge is 2.08. The number of aromatic nitrogens is 2. The van der Waals surface area contributed by atoms with Crippen molar-refractivity contribution in [1.82, 2.24) is 14.9 Å². The molecule has 0 amide bonds. The van der Waals surface area contributed by atoms with Gasteiger partial charge in [-0.3, -0.25) is 0 Å². The highest BCUT2D eigenvalue weighted by Crippen LogP contribution is 2.16. The largest absolute Gasteiger partial charge is 0.323 e. The van der Waals surface area contributed by atoms with Crippen LogP contribution in [0.4, 0.5) is 0 Å². The monoisotopic (exact) mass is 257 g/mol. The lowest BCUT2D eigenvalue weighted by atomic mass is 10.1. The molecule has 1 N–H and O–H groups in total. The molecule has 1 aromatic carbocycles. The summed E-state index contributed by atoms with van der Waals surface area (Å²) in [7, 11) is 0. The molecule has 0 aliphatic rings. The first-order valence-corrected chi connectivity index (χ1v) is 6.98. The lowest BCUT2D eigenvalue weighted by Gasteiger charge is -2.09. The van der Waals surface area contributed by atoms with Gasteiger partial charge in [-0.25, -0.2) is 4.98 Å². The smallest absolute Gasteiger partial charge is 0.124 e. The van der Waals surface area contributed by atoms with Crippen LogP contribution in [0.15, 0.2) is 36.9 Å². The Labute approximate surface area is 115 Å². The highest BCUT2D eigenvalue weighted by atomic mass is 15.1. The minimum Gasteiger partial charge on any atom is -0.323 e. The summed E-state index contributed by atoms with van der Waals surface area (Å²) in [6, 6.07) is 8.26. The van der Waals surface area contributed by atoms with Gasteiger partial charge in [0.25, 0.3) is 0 Å². The number of nitrogens with zero attached hydrogens (tertiary/aromatic N) is 2. The molecule has 2 rings (SSSR count). The summed E-state index contributed by atoms with van der Waals surface area (Å²) in [6.07, 6.45) is 3.12. The zero-order valence-electron chi connectivity index (χ0n) is 11.9. The van der Waals surface area contributed by atoms with Gasteiger partial charge in [0.2, 0.25) is 0 Å². The Balaban J connectivity index is 2.12. The van der Waals surface area contributed by atoms with Crippen molar-refractivity contribution in [2.75, 3.05) is 6.54 Å². The van der Waals surface area contributed by atoms with Gasteiger partial charge in [0, 0.05) is 6.54 Å². The molecule has 0 radical (unpaired) electrons. The summed E-state index contributed by atoms with van der Waals surface area (Å²) in [5, 5.41) is 3.48. The number of rotatable bonds is 7. The molecule has 0 bridgehead atoms. The Morgan fingerprint density at radius 2 is 2.16 bits per heavy atom. The van der Waals surface area contributed by atoms with Gasteiger partial charge in [0.05, 0.1) is 17.6 Å². The number of nitrogens with one attached hydrogen (secondary N) is 1. The molecule has 2 aromatic rings. The number of hydrogen-bond acceptors (Lipinski definition) is 2. The maximum absolute atomic E-state index is 4.70. The van der Waals surface area contributed by atoms with Crippen molar-refractivity contribution in [3.63, 3.8) is 0 Å². The second-order valence-corrected chi connectivity index (χ2v) is 5.28. The van der Waals surface area contributed by atoms with Gasteiger partial charge in [-0.2, -0.15) is 0 Å². The number of hydrogen-bond donors (Lipinski definition) is 1. The van der Waals surface area contributed by atoms with Gasteiger partial charge >= 0.3 is 0 Å². The normalized spacial score (nSPS) is 11.3. The second-order valence-electron chi connectivity index (χ2n) is 5.28. The van der Waals surface area contributed by atoms with E-state index in [2.05, 4.69) is 48.5 Å². The molecule has 19 heavy (non-hydrogen) atoms. The number of imidazole rings is 1. The number of para-hydroxylation sites is 2. The Morgan fingerprint density at radius 1 is 1.37 bits per heavy atom. The molecule has 0 aliphatic carbocycles. The van der Waals surface area contributed by atoms with Crippen molar-refractivity contribution < 1.29 is 0 Å². The SMILES string of the molecule is C=CCn1c(CNCCC(C)C)nc2ccccc21. The van der Waals surface area contributed by atoms with Crippen LogP contribution in [0.2, 0.25) is 0 Å². The Morgan fingerprint density at radius 3 is 2.89 bits per heavy atom. The quantitative estimate of drug-likeness (QED) is 0.609. The number of allylic oxidation sites excluding steroid dienone is 1. The zero-order chi connectivity index (χ0) is 13.7. The van der Waals surface area contributed by atoms with Crippen molar-refractivity contribution in [3.8, 4) is 0 Å². The predicted octanol–water partition coefficient (Wildman–Crippen LogP) is 3.36. The third-order valence-electron chi connectivity index (χ3n) is 3.23. The molecule has 102 valence electrons. The molecule has 0 atom stereocenters. The van der Waals surface area contributed by atoms with Crippen LogP contribution in [-0.4, -0.2) is 16.1 Å². The van der Waals surface area contributed by atoms with E-state index >= 15 is 0 Å². The van der Waals surface area contributed by atoms with Crippen molar-refractivity contribution in [2.24, 2.45) is 5.92 Å². The Kier molecular flexibility index (Phi) is 4.74. The number of benzene rings is 1. The van der Waals surface area contributed by atoms with E-state index in [-0.39, 0.29) is 0 Å². The summed E-state index contributed by atoms with van der Waals surface area (Å²) in [6.45, 7) is 11.0. The molecule has 0 saturated heterocycles. The standard InChI is InChI=1S/C16H23N3/c1-4-11-19-15-8-6-5-7-14(15)18-16(19)12-17-10-9-13(2)3/h4-8,13,17H,1,9-12H2,2-3H3. The topological polar surface area (TPSA) is 29.9 Å². The minimum atomic E-state index is 0.736. The van der Waals surface area contributed by atoms with E-state index < -0.39 is 0 Å². The van der Waals surface area contributed by atoms with E-state index in [1.807, 2.05) is 12.1 Å². The summed E-state index contributed by atoms with van der Waals surface area (Å²) >= 11 is 0. The fourth-order valence-electron chi connectivity index (χ4n) is 2.18. The fourth-order valence-corrected chi connectivity index (χ4v) is 2.18. The van der Waals surface area contributed by atoms with Crippen LogP contribution in [0.1, 0.15) is 26.1 Å². The molecule has 0 unspecified atom stereocenters. The lowest BCUT2D eigenvalue weighted by Crippen LogP contribution is -2.19. The third kappa shape index (κ3) is 3.44. The van der Waals surface area contributed by atoms with Crippen LogP contribution < -0.4 is 5.32 Å². The van der Waals surface area contributed by atoms with Crippen LogP contribution in [0.5, 0.6) is 0 Å². The molecule has 3 heteroatoms. The van der Waals surface area contributed by atoms with E-state index in [4.69, 9.17) is 4.98 Å². The summed E-state index contributed by atoms with van der Waals surface area (Å²) in [4.78, 5) is 4.70. The average Bonchev–Trinajstić information content (AvgIpc) is 2.74. The molecule has 0 saturated carbocycles. The first-order chi connectivity index (χ1) is 9.22. The molecule has 1 aromatic heterocycles. The first kappa shape index (κ1) is 13.8. The summed E-state index contributed by atoms with van der Waals surface area (Å²) in [5.41, 5.74) is 2.24. The molecule has 3 nitrogen and oxygen atoms in total. The van der Waals surface area contributed by atoms with Crippen molar-refractivity contribution >= 4 is 11.0 Å². The third-order valence-corrected chi connectivity index (χ3v) is 3.23. The second kappa shape index (κ2) is 6.53. The van der Waals surface area contributed by atoms with Gasteiger partial charge in [0.15, 0.2) is 0 Å². The van der Waals surface area contributed by atoms with E-state index in [0.29, 0.717) is 0 Å². The first-order valence-electron chi connectivity index (χ1n) is 6.98. The van der Waals surface area contributed by atoms with E-state index in [1.54, 1.807) is 0 Å². The van der Waals surface area contributed by atoms with Crippen LogP contribution in [0.3, 0.4) is 0 Å². The van der Waals surface area contributed by atoms with E-state index in [0.717, 1.165) is 36.9 Å². The molecule has 0 fully saturated rings. The van der Waals surface area contributed by atoms with E-state index in [9.17, 15) is 0 Å². The maximum atomic E-state index is 4.70. The Hall–Kier alpha value is -1.61. The van der Waals surface area contributed by atoms with Crippen LogP contribution in [0.25, 0.3) is 11.0 Å². The van der Waals surface area contributed by atoms with Gasteiger partial charge < -0.3 is 9.88 Å². The van der Waals surface area contributed by atoms with Gasteiger partial charge in [-0.1, -0.05) is 32.1 Å². The van der Waals surface area contributed by atoms with Crippen LogP contribution in [0, 0.1) is 5.92 Å². The van der Waals surface area contributed by atoms with Crippen molar-refractivity contribution in [1.29, 1.82) is 0 Å². The van der Waals surface area contributed by atoms with Crippen molar-refractivity contribution in [2.45, 2.75) is 33.4 Å². The molecule has 0 aliphatic heterocycles.